The molecule has 20 heavy (non-hydrogen) atoms. The van der Waals surface area contributed by atoms with E-state index < -0.39 is 5.82 Å². The lowest BCUT2D eigenvalue weighted by Crippen LogP contribution is -2.29. The van der Waals surface area contributed by atoms with Crippen LogP contribution in [0.1, 0.15) is 30.9 Å². The largest absolute Gasteiger partial charge is 0.409 e. The van der Waals surface area contributed by atoms with Gasteiger partial charge in [-0.05, 0) is 30.7 Å². The van der Waals surface area contributed by atoms with E-state index in [-0.39, 0.29) is 12.4 Å². The number of halogens is 1. The van der Waals surface area contributed by atoms with Gasteiger partial charge >= 0.3 is 0 Å². The zero-order valence-electron chi connectivity index (χ0n) is 11.7. The summed E-state index contributed by atoms with van der Waals surface area (Å²) < 4.78 is 13.3. The van der Waals surface area contributed by atoms with E-state index in [1.54, 1.807) is 6.07 Å². The molecule has 0 saturated carbocycles. The van der Waals surface area contributed by atoms with E-state index in [1.165, 1.54) is 12.1 Å². The first kappa shape index (κ1) is 16.4. The summed E-state index contributed by atoms with van der Waals surface area (Å²) in [5.41, 5.74) is 6.73. The molecule has 0 heterocycles. The fourth-order valence-electron chi connectivity index (χ4n) is 2.01. The summed E-state index contributed by atoms with van der Waals surface area (Å²) in [6.07, 6.45) is 2.07. The van der Waals surface area contributed by atoms with E-state index in [9.17, 15) is 4.39 Å². The number of rotatable bonds is 8. The van der Waals surface area contributed by atoms with E-state index in [4.69, 9.17) is 16.0 Å². The number of nitrogens with zero attached hydrogens (tertiary/aromatic N) is 2. The van der Waals surface area contributed by atoms with Gasteiger partial charge in [0.05, 0.1) is 6.61 Å². The van der Waals surface area contributed by atoms with E-state index in [0.717, 1.165) is 24.9 Å². The summed E-state index contributed by atoms with van der Waals surface area (Å²) in [7, 11) is 0. The second-order valence-electron chi connectivity index (χ2n) is 4.64. The minimum atomic E-state index is -0.433. The summed E-state index contributed by atoms with van der Waals surface area (Å²) >= 11 is 0. The Hall–Kier alpha value is -1.66. The van der Waals surface area contributed by atoms with Gasteiger partial charge in [-0.1, -0.05) is 24.6 Å². The number of hydrogen-bond acceptors (Lipinski definition) is 4. The van der Waals surface area contributed by atoms with Crippen LogP contribution < -0.4 is 5.73 Å². The van der Waals surface area contributed by atoms with E-state index in [2.05, 4.69) is 17.0 Å². The molecule has 0 radical (unpaired) electrons. The fraction of sp³-hybridized carbons (Fsp3) is 0.500. The van der Waals surface area contributed by atoms with Crippen LogP contribution in [0.4, 0.5) is 4.39 Å². The van der Waals surface area contributed by atoms with Crippen LogP contribution in [0.15, 0.2) is 23.4 Å². The van der Waals surface area contributed by atoms with Crippen LogP contribution in [0.3, 0.4) is 0 Å². The number of nitrogens with two attached hydrogens (primary N) is 1. The SMILES string of the molecule is CCCCN(CCO)Cc1ccc(F)cc1C(N)=NO. The molecule has 0 atom stereocenters. The molecule has 0 spiro atoms. The van der Waals surface area contributed by atoms with Gasteiger partial charge < -0.3 is 16.0 Å². The first-order valence-corrected chi connectivity index (χ1v) is 6.71. The van der Waals surface area contributed by atoms with Crippen molar-refractivity contribution in [1.29, 1.82) is 0 Å². The molecule has 0 aliphatic carbocycles. The fourth-order valence-corrected chi connectivity index (χ4v) is 2.01. The Balaban J connectivity index is 2.93. The van der Waals surface area contributed by atoms with Crippen molar-refractivity contribution in [3.05, 3.63) is 35.1 Å². The van der Waals surface area contributed by atoms with Gasteiger partial charge in [0.15, 0.2) is 5.84 Å². The Morgan fingerprint density at radius 1 is 1.40 bits per heavy atom. The summed E-state index contributed by atoms with van der Waals surface area (Å²) in [4.78, 5) is 2.06. The molecular weight excluding hydrogens is 261 g/mol. The maximum absolute atomic E-state index is 13.3. The minimum Gasteiger partial charge on any atom is -0.409 e. The van der Waals surface area contributed by atoms with E-state index in [1.807, 2.05) is 0 Å². The quantitative estimate of drug-likeness (QED) is 0.292. The van der Waals surface area contributed by atoms with Crippen LogP contribution in [-0.4, -0.2) is 40.7 Å². The molecule has 5 nitrogen and oxygen atoms in total. The molecule has 4 N–H and O–H groups in total. The van der Waals surface area contributed by atoms with Gasteiger partial charge in [0, 0.05) is 18.7 Å². The topological polar surface area (TPSA) is 82.1 Å². The van der Waals surface area contributed by atoms with Crippen molar-refractivity contribution in [2.45, 2.75) is 26.3 Å². The van der Waals surface area contributed by atoms with Crippen LogP contribution >= 0.6 is 0 Å². The maximum atomic E-state index is 13.3. The Bertz CT molecular complexity index is 452. The molecule has 112 valence electrons. The molecule has 0 bridgehead atoms. The van der Waals surface area contributed by atoms with Gasteiger partial charge in [0.25, 0.3) is 0 Å². The number of unbranched alkanes of at least 4 members (excludes halogenated alkanes) is 1. The normalized spacial score (nSPS) is 12.1. The predicted octanol–water partition coefficient (Wildman–Crippen LogP) is 1.51. The highest BCUT2D eigenvalue weighted by Gasteiger charge is 2.12. The summed E-state index contributed by atoms with van der Waals surface area (Å²) in [6, 6.07) is 4.22. The summed E-state index contributed by atoms with van der Waals surface area (Å²) in [6.45, 7) is 4.05. The Morgan fingerprint density at radius 2 is 2.15 bits per heavy atom. The maximum Gasteiger partial charge on any atom is 0.170 e. The number of hydrogen-bond donors (Lipinski definition) is 3. The zero-order valence-corrected chi connectivity index (χ0v) is 11.7. The lowest BCUT2D eigenvalue weighted by molar-refractivity contribution is 0.188. The second kappa shape index (κ2) is 8.50. The van der Waals surface area contributed by atoms with Crippen LogP contribution in [0.5, 0.6) is 0 Å². The molecule has 1 rings (SSSR count). The summed E-state index contributed by atoms with van der Waals surface area (Å²) in [5, 5.41) is 20.8. The molecule has 0 aromatic heterocycles. The summed E-state index contributed by atoms with van der Waals surface area (Å²) in [5.74, 6) is -0.545. The number of benzene rings is 1. The van der Waals surface area contributed by atoms with Gasteiger partial charge in [-0.15, -0.1) is 0 Å². The monoisotopic (exact) mass is 283 g/mol. The molecule has 0 fully saturated rings. The average Bonchev–Trinajstić information content (AvgIpc) is 2.45. The third kappa shape index (κ3) is 4.79. The molecule has 1 aromatic carbocycles. The van der Waals surface area contributed by atoms with Crippen molar-refractivity contribution < 1.29 is 14.7 Å². The first-order valence-electron chi connectivity index (χ1n) is 6.71. The Kier molecular flexibility index (Phi) is 6.97. The van der Waals surface area contributed by atoms with Crippen molar-refractivity contribution in [1.82, 2.24) is 4.90 Å². The van der Waals surface area contributed by atoms with Crippen LogP contribution in [0.2, 0.25) is 0 Å². The Morgan fingerprint density at radius 3 is 2.75 bits per heavy atom. The molecule has 0 saturated heterocycles. The van der Waals surface area contributed by atoms with Gasteiger partial charge in [0.2, 0.25) is 0 Å². The van der Waals surface area contributed by atoms with E-state index >= 15 is 0 Å². The molecular formula is C14H22FN3O2. The van der Waals surface area contributed by atoms with Crippen molar-refractivity contribution in [2.75, 3.05) is 19.7 Å². The average molecular weight is 283 g/mol. The van der Waals surface area contributed by atoms with Crippen molar-refractivity contribution in [3.63, 3.8) is 0 Å². The Labute approximate surface area is 118 Å². The third-order valence-electron chi connectivity index (χ3n) is 3.09. The lowest BCUT2D eigenvalue weighted by Gasteiger charge is -2.22. The minimum absolute atomic E-state index is 0.0593. The predicted molar refractivity (Wildman–Crippen MR) is 76.2 cm³/mol. The molecule has 0 amide bonds. The third-order valence-corrected chi connectivity index (χ3v) is 3.09. The van der Waals surface area contributed by atoms with Crippen LogP contribution in [0, 0.1) is 5.82 Å². The molecule has 0 unspecified atom stereocenters. The standard InChI is InChI=1S/C14H22FN3O2/c1-2-3-6-18(7-8-19)10-11-4-5-12(15)9-13(11)14(16)17-20/h4-5,9,19-20H,2-3,6-8,10H2,1H3,(H2,16,17). The van der Waals surface area contributed by atoms with Gasteiger partial charge in [-0.3, -0.25) is 4.90 Å². The van der Waals surface area contributed by atoms with Crippen molar-refractivity contribution >= 4 is 5.84 Å². The highest BCUT2D eigenvalue weighted by atomic mass is 19.1. The number of aliphatic hydroxyl groups excluding tert-OH is 1. The number of aliphatic hydroxyl groups is 1. The van der Waals surface area contributed by atoms with Crippen molar-refractivity contribution in [3.8, 4) is 0 Å². The smallest absolute Gasteiger partial charge is 0.170 e. The number of amidine groups is 1. The highest BCUT2D eigenvalue weighted by molar-refractivity contribution is 5.98. The number of oxime groups is 1. The van der Waals surface area contributed by atoms with Gasteiger partial charge in [0.1, 0.15) is 5.82 Å². The highest BCUT2D eigenvalue weighted by Crippen LogP contribution is 2.14. The van der Waals surface area contributed by atoms with Crippen molar-refractivity contribution in [2.24, 2.45) is 10.9 Å². The zero-order chi connectivity index (χ0) is 15.0. The second-order valence-corrected chi connectivity index (χ2v) is 4.64. The molecule has 1 aromatic rings. The molecule has 0 aliphatic heterocycles. The van der Waals surface area contributed by atoms with Gasteiger partial charge in [-0.25, -0.2) is 4.39 Å². The van der Waals surface area contributed by atoms with Crippen LogP contribution in [-0.2, 0) is 6.54 Å². The van der Waals surface area contributed by atoms with Crippen LogP contribution in [0.25, 0.3) is 0 Å². The van der Waals surface area contributed by atoms with Gasteiger partial charge in [-0.2, -0.15) is 0 Å². The lowest BCUT2D eigenvalue weighted by atomic mass is 10.1. The van der Waals surface area contributed by atoms with E-state index in [0.29, 0.717) is 18.7 Å². The molecule has 6 heteroatoms. The molecule has 0 aliphatic rings. The first-order chi connectivity index (χ1) is 9.62.